The van der Waals surface area contributed by atoms with E-state index < -0.39 is 5.63 Å². The minimum atomic E-state index is -0.446. The van der Waals surface area contributed by atoms with Crippen molar-refractivity contribution in [3.05, 3.63) is 56.7 Å². The van der Waals surface area contributed by atoms with Crippen LogP contribution in [0.5, 0.6) is 0 Å². The van der Waals surface area contributed by atoms with Crippen LogP contribution in [0.3, 0.4) is 0 Å². The van der Waals surface area contributed by atoms with Crippen molar-refractivity contribution in [2.75, 3.05) is 0 Å². The predicted octanol–water partition coefficient (Wildman–Crippen LogP) is 3.79. The van der Waals surface area contributed by atoms with Crippen LogP contribution in [0.25, 0.3) is 0 Å². The fourth-order valence-corrected chi connectivity index (χ4v) is 3.86. The number of aromatic nitrogens is 2. The van der Waals surface area contributed by atoms with E-state index >= 15 is 0 Å². The second-order valence-electron chi connectivity index (χ2n) is 9.60. The van der Waals surface area contributed by atoms with Gasteiger partial charge in [-0.25, -0.2) is 14.8 Å². The Morgan fingerprint density at radius 1 is 1.29 bits per heavy atom. The molecule has 28 heavy (non-hydrogen) atoms. The molecule has 1 N–H and O–H groups in total. The molecule has 0 saturated heterocycles. The zero-order valence-corrected chi connectivity index (χ0v) is 17.8. The van der Waals surface area contributed by atoms with Crippen LogP contribution in [0.2, 0.25) is 0 Å². The summed E-state index contributed by atoms with van der Waals surface area (Å²) >= 11 is 0. The molecule has 0 bridgehead atoms. The molecule has 6 heteroatoms. The number of fused-ring (bicyclic) bond motifs is 1. The van der Waals surface area contributed by atoms with Crippen molar-refractivity contribution in [1.82, 2.24) is 15.3 Å². The molecule has 0 unspecified atom stereocenters. The van der Waals surface area contributed by atoms with Gasteiger partial charge in [-0.05, 0) is 37.7 Å². The van der Waals surface area contributed by atoms with Crippen LogP contribution in [-0.2, 0) is 11.8 Å². The van der Waals surface area contributed by atoms with Gasteiger partial charge in [-0.2, -0.15) is 0 Å². The largest absolute Gasteiger partial charge is 0.427 e. The summed E-state index contributed by atoms with van der Waals surface area (Å²) in [5, 5.41) is 3.13. The minimum Gasteiger partial charge on any atom is -0.427 e. The van der Waals surface area contributed by atoms with Gasteiger partial charge in [0.15, 0.2) is 0 Å². The molecule has 1 aliphatic carbocycles. The molecular formula is C22H29N3O3. The van der Waals surface area contributed by atoms with Gasteiger partial charge >= 0.3 is 5.63 Å². The Hall–Kier alpha value is -2.50. The lowest BCUT2D eigenvalue weighted by molar-refractivity contribution is 0.0914. The van der Waals surface area contributed by atoms with Crippen molar-refractivity contribution in [3.63, 3.8) is 0 Å². The molecule has 0 saturated carbocycles. The van der Waals surface area contributed by atoms with Gasteiger partial charge < -0.3 is 9.73 Å². The Morgan fingerprint density at radius 2 is 1.96 bits per heavy atom. The molecule has 6 nitrogen and oxygen atoms in total. The number of carbonyl (C=O) groups is 1. The van der Waals surface area contributed by atoms with E-state index in [1.54, 1.807) is 13.8 Å². The van der Waals surface area contributed by atoms with Gasteiger partial charge in [0.25, 0.3) is 5.91 Å². The van der Waals surface area contributed by atoms with E-state index in [1.165, 1.54) is 6.07 Å². The number of amides is 1. The Morgan fingerprint density at radius 3 is 2.57 bits per heavy atom. The van der Waals surface area contributed by atoms with Crippen LogP contribution in [0.1, 0.15) is 85.8 Å². The molecular weight excluding hydrogens is 354 g/mol. The molecule has 0 aromatic carbocycles. The molecule has 1 atom stereocenters. The predicted molar refractivity (Wildman–Crippen MR) is 107 cm³/mol. The van der Waals surface area contributed by atoms with Gasteiger partial charge in [0.05, 0.1) is 11.6 Å². The van der Waals surface area contributed by atoms with Gasteiger partial charge in [-0.3, -0.25) is 4.79 Å². The maximum atomic E-state index is 13.0. The molecule has 0 aliphatic heterocycles. The lowest BCUT2D eigenvalue weighted by atomic mass is 9.74. The first-order chi connectivity index (χ1) is 12.9. The van der Waals surface area contributed by atoms with Crippen LogP contribution in [0, 0.1) is 19.3 Å². The molecule has 2 aromatic rings. The first-order valence-corrected chi connectivity index (χ1v) is 9.66. The molecule has 3 rings (SSSR count). The third-order valence-electron chi connectivity index (χ3n) is 5.22. The molecule has 2 heterocycles. The Labute approximate surface area is 165 Å². The van der Waals surface area contributed by atoms with Crippen LogP contribution in [0.15, 0.2) is 21.5 Å². The number of rotatable bonds is 2. The van der Waals surface area contributed by atoms with Crippen molar-refractivity contribution < 1.29 is 9.21 Å². The topological polar surface area (TPSA) is 85.1 Å². The lowest BCUT2D eigenvalue weighted by Gasteiger charge is -2.37. The molecule has 0 radical (unpaired) electrons. The highest BCUT2D eigenvalue weighted by Crippen LogP contribution is 2.40. The highest BCUT2D eigenvalue weighted by atomic mass is 16.4. The fourth-order valence-electron chi connectivity index (χ4n) is 3.86. The van der Waals surface area contributed by atoms with Crippen molar-refractivity contribution in [3.8, 4) is 0 Å². The van der Waals surface area contributed by atoms with Crippen LogP contribution >= 0.6 is 0 Å². The molecule has 0 fully saturated rings. The van der Waals surface area contributed by atoms with E-state index in [0.29, 0.717) is 16.9 Å². The van der Waals surface area contributed by atoms with E-state index in [1.807, 2.05) is 6.20 Å². The number of nitrogens with zero attached hydrogens (tertiary/aromatic N) is 2. The quantitative estimate of drug-likeness (QED) is 0.853. The number of hydrogen-bond donors (Lipinski definition) is 1. The third kappa shape index (κ3) is 4.01. The van der Waals surface area contributed by atoms with Gasteiger partial charge in [-0.15, -0.1) is 0 Å². The minimum absolute atomic E-state index is 0.00178. The van der Waals surface area contributed by atoms with E-state index in [4.69, 9.17) is 9.40 Å². The molecule has 2 aromatic heterocycles. The van der Waals surface area contributed by atoms with Gasteiger partial charge in [0.2, 0.25) is 0 Å². The first-order valence-electron chi connectivity index (χ1n) is 9.66. The standard InChI is InChI=1S/C22H29N3O3/c1-12-8-17(26)28-13(2)18(12)19(27)24-15-9-22(6,7)10-16-14(15)11-23-20(25-16)21(3,4)5/h8,11,15H,9-10H2,1-7H3,(H,24,27)/t15-/m0/s1. The van der Waals surface area contributed by atoms with Crippen molar-refractivity contribution in [2.24, 2.45) is 5.41 Å². The second-order valence-corrected chi connectivity index (χ2v) is 9.60. The van der Waals surface area contributed by atoms with Crippen molar-refractivity contribution in [1.29, 1.82) is 0 Å². The zero-order chi connectivity index (χ0) is 20.9. The average molecular weight is 383 g/mol. The zero-order valence-electron chi connectivity index (χ0n) is 17.8. The summed E-state index contributed by atoms with van der Waals surface area (Å²) in [5.41, 5.74) is 2.41. The van der Waals surface area contributed by atoms with E-state index in [9.17, 15) is 9.59 Å². The molecule has 0 spiro atoms. The highest BCUT2D eigenvalue weighted by Gasteiger charge is 2.35. The summed E-state index contributed by atoms with van der Waals surface area (Å²) in [6.07, 6.45) is 3.49. The normalized spacial score (nSPS) is 18.5. The first kappa shape index (κ1) is 20.2. The van der Waals surface area contributed by atoms with Crippen molar-refractivity contribution in [2.45, 2.75) is 72.8 Å². The summed E-state index contributed by atoms with van der Waals surface area (Å²) in [4.78, 5) is 33.9. The Balaban J connectivity index is 1.98. The Kier molecular flexibility index (Phi) is 4.94. The second kappa shape index (κ2) is 6.83. The van der Waals surface area contributed by atoms with Gasteiger partial charge in [-0.1, -0.05) is 34.6 Å². The molecule has 1 aliphatic rings. The van der Waals surface area contributed by atoms with Gasteiger partial charge in [0.1, 0.15) is 11.6 Å². The fraction of sp³-hybridized carbons (Fsp3) is 0.545. The average Bonchev–Trinajstić information content (AvgIpc) is 2.51. The number of carbonyl (C=O) groups excluding carboxylic acids is 1. The summed E-state index contributed by atoms with van der Waals surface area (Å²) in [6.45, 7) is 14.0. The molecule has 1 amide bonds. The monoisotopic (exact) mass is 383 g/mol. The van der Waals surface area contributed by atoms with Crippen molar-refractivity contribution >= 4 is 5.91 Å². The van der Waals surface area contributed by atoms with Crippen LogP contribution in [-0.4, -0.2) is 15.9 Å². The lowest BCUT2D eigenvalue weighted by Crippen LogP contribution is -2.38. The number of aryl methyl sites for hydroxylation is 2. The smallest absolute Gasteiger partial charge is 0.336 e. The number of nitrogens with one attached hydrogen (secondary N) is 1. The summed E-state index contributed by atoms with van der Waals surface area (Å²) < 4.78 is 5.12. The van der Waals surface area contributed by atoms with Crippen LogP contribution < -0.4 is 10.9 Å². The third-order valence-corrected chi connectivity index (χ3v) is 5.22. The molecule has 150 valence electrons. The highest BCUT2D eigenvalue weighted by molar-refractivity contribution is 5.96. The summed E-state index contributed by atoms with van der Waals surface area (Å²) in [7, 11) is 0. The maximum absolute atomic E-state index is 13.0. The summed E-state index contributed by atoms with van der Waals surface area (Å²) in [6, 6.07) is 1.16. The van der Waals surface area contributed by atoms with Crippen LogP contribution in [0.4, 0.5) is 0 Å². The SMILES string of the molecule is Cc1cc(=O)oc(C)c1C(=O)N[C@H]1CC(C)(C)Cc2nc(C(C)(C)C)ncc21. The summed E-state index contributed by atoms with van der Waals surface area (Å²) in [5.74, 6) is 0.898. The van der Waals surface area contributed by atoms with E-state index in [2.05, 4.69) is 44.9 Å². The van der Waals surface area contributed by atoms with E-state index in [0.717, 1.165) is 29.9 Å². The number of hydrogen-bond acceptors (Lipinski definition) is 5. The maximum Gasteiger partial charge on any atom is 0.336 e. The van der Waals surface area contributed by atoms with Gasteiger partial charge in [0, 0.05) is 28.9 Å². The Bertz CT molecular complexity index is 957. The van der Waals surface area contributed by atoms with E-state index in [-0.39, 0.29) is 22.8 Å².